The van der Waals surface area contributed by atoms with E-state index >= 15 is 0 Å². The van der Waals surface area contributed by atoms with Gasteiger partial charge in [-0.2, -0.15) is 0 Å². The van der Waals surface area contributed by atoms with Gasteiger partial charge >= 0.3 is 0 Å². The summed E-state index contributed by atoms with van der Waals surface area (Å²) in [6.07, 6.45) is 1.41. The quantitative estimate of drug-likeness (QED) is 0.823. The van der Waals surface area contributed by atoms with Crippen LogP contribution in [0.25, 0.3) is 0 Å². The van der Waals surface area contributed by atoms with Crippen LogP contribution in [0.15, 0.2) is 12.1 Å². The van der Waals surface area contributed by atoms with E-state index in [0.717, 1.165) is 6.42 Å². The largest absolute Gasteiger partial charge is 0.477 e. The second-order valence-corrected chi connectivity index (χ2v) is 4.71. The summed E-state index contributed by atoms with van der Waals surface area (Å²) in [7, 11) is 1.80. The molecule has 1 unspecified atom stereocenters. The van der Waals surface area contributed by atoms with Crippen molar-refractivity contribution in [2.45, 2.75) is 19.8 Å². The number of amides is 1. The van der Waals surface area contributed by atoms with E-state index in [0.29, 0.717) is 37.1 Å². The van der Waals surface area contributed by atoms with Gasteiger partial charge in [0.05, 0.1) is 12.3 Å². The lowest BCUT2D eigenvalue weighted by molar-refractivity contribution is -0.133. The summed E-state index contributed by atoms with van der Waals surface area (Å²) in [4.78, 5) is 17.1. The minimum Gasteiger partial charge on any atom is -0.477 e. The summed E-state index contributed by atoms with van der Waals surface area (Å²) in [5, 5.41) is 0. The molecule has 0 radical (unpaired) electrons. The Morgan fingerprint density at radius 1 is 1.56 bits per heavy atom. The zero-order chi connectivity index (χ0) is 13.1. The highest BCUT2D eigenvalue weighted by Crippen LogP contribution is 2.18. The molecule has 0 spiro atoms. The number of aryl methyl sites for hydroxylation is 1. The molecule has 1 atom stereocenters. The van der Waals surface area contributed by atoms with Crippen LogP contribution in [0.5, 0.6) is 5.88 Å². The van der Waals surface area contributed by atoms with Crippen molar-refractivity contribution in [3.63, 3.8) is 0 Å². The van der Waals surface area contributed by atoms with E-state index in [9.17, 15) is 9.18 Å². The molecule has 1 aromatic rings. The number of carbonyl (C=O) groups excluding carboxylic acids is 1. The van der Waals surface area contributed by atoms with Crippen molar-refractivity contribution in [1.82, 2.24) is 9.88 Å². The van der Waals surface area contributed by atoms with Crippen LogP contribution < -0.4 is 4.74 Å². The van der Waals surface area contributed by atoms with Gasteiger partial charge in [-0.25, -0.2) is 9.37 Å². The van der Waals surface area contributed by atoms with Crippen molar-refractivity contribution in [1.29, 1.82) is 0 Å². The van der Waals surface area contributed by atoms with Crippen LogP contribution in [0, 0.1) is 18.7 Å². The molecule has 0 aromatic carbocycles. The zero-order valence-electron chi connectivity index (χ0n) is 10.6. The van der Waals surface area contributed by atoms with Gasteiger partial charge < -0.3 is 9.64 Å². The average Bonchev–Trinajstić information content (AvgIpc) is 2.35. The lowest BCUT2D eigenvalue weighted by atomic mass is 9.99. The Morgan fingerprint density at radius 2 is 2.33 bits per heavy atom. The van der Waals surface area contributed by atoms with Crippen LogP contribution in [-0.2, 0) is 4.79 Å². The number of piperidine rings is 1. The molecule has 1 amide bonds. The molecular weight excluding hydrogens is 235 g/mol. The van der Waals surface area contributed by atoms with Crippen LogP contribution in [0.2, 0.25) is 0 Å². The number of hydrogen-bond acceptors (Lipinski definition) is 3. The van der Waals surface area contributed by atoms with Gasteiger partial charge in [0, 0.05) is 32.0 Å². The number of hydrogen-bond donors (Lipinski definition) is 0. The molecule has 1 fully saturated rings. The van der Waals surface area contributed by atoms with E-state index in [2.05, 4.69) is 4.98 Å². The maximum absolute atomic E-state index is 13.0. The molecule has 0 N–H and O–H groups in total. The molecule has 0 saturated carbocycles. The van der Waals surface area contributed by atoms with E-state index in [1.165, 1.54) is 12.1 Å². The molecule has 0 aliphatic carbocycles. The molecule has 2 rings (SSSR count). The number of ether oxygens (including phenoxy) is 1. The highest BCUT2D eigenvalue weighted by molar-refractivity contribution is 5.76. The zero-order valence-corrected chi connectivity index (χ0v) is 10.6. The lowest BCUT2D eigenvalue weighted by Gasteiger charge is -2.29. The summed E-state index contributed by atoms with van der Waals surface area (Å²) in [5.41, 5.74) is 0.337. The van der Waals surface area contributed by atoms with Gasteiger partial charge in [-0.3, -0.25) is 4.79 Å². The molecular formula is C13H17FN2O2. The van der Waals surface area contributed by atoms with Gasteiger partial charge in [0.2, 0.25) is 11.8 Å². The van der Waals surface area contributed by atoms with Crippen molar-refractivity contribution in [3.8, 4) is 5.88 Å². The monoisotopic (exact) mass is 252 g/mol. The Hall–Kier alpha value is -1.65. The van der Waals surface area contributed by atoms with Gasteiger partial charge in [-0.05, 0) is 19.4 Å². The number of carbonyl (C=O) groups is 1. The van der Waals surface area contributed by atoms with Gasteiger partial charge in [-0.1, -0.05) is 0 Å². The highest BCUT2D eigenvalue weighted by Gasteiger charge is 2.23. The van der Waals surface area contributed by atoms with Crippen LogP contribution in [0.3, 0.4) is 0 Å². The number of pyridine rings is 1. The van der Waals surface area contributed by atoms with E-state index in [1.54, 1.807) is 18.9 Å². The smallest absolute Gasteiger partial charge is 0.222 e. The number of rotatable bonds is 3. The Balaban J connectivity index is 1.88. The topological polar surface area (TPSA) is 42.4 Å². The summed E-state index contributed by atoms with van der Waals surface area (Å²) >= 11 is 0. The molecule has 4 nitrogen and oxygen atoms in total. The second kappa shape index (κ2) is 5.33. The first-order chi connectivity index (χ1) is 8.56. The number of likely N-dealkylation sites (tertiary alicyclic amines) is 1. The molecule has 1 aliphatic rings. The van der Waals surface area contributed by atoms with Crippen molar-refractivity contribution >= 4 is 5.91 Å². The maximum atomic E-state index is 13.0. The Labute approximate surface area is 106 Å². The van der Waals surface area contributed by atoms with Crippen LogP contribution in [0.1, 0.15) is 18.5 Å². The number of aromatic nitrogens is 1. The molecule has 1 aromatic heterocycles. The molecule has 0 bridgehead atoms. The fourth-order valence-corrected chi connectivity index (χ4v) is 2.04. The van der Waals surface area contributed by atoms with E-state index in [4.69, 9.17) is 4.74 Å². The van der Waals surface area contributed by atoms with Crippen LogP contribution >= 0.6 is 0 Å². The van der Waals surface area contributed by atoms with Gasteiger partial charge in [0.15, 0.2) is 0 Å². The third-order valence-corrected chi connectivity index (χ3v) is 3.19. The molecule has 1 aliphatic heterocycles. The fourth-order valence-electron chi connectivity index (χ4n) is 2.04. The molecule has 5 heteroatoms. The first-order valence-electron chi connectivity index (χ1n) is 6.06. The summed E-state index contributed by atoms with van der Waals surface area (Å²) in [5.74, 6) is 0.612. The first kappa shape index (κ1) is 12.8. The second-order valence-electron chi connectivity index (χ2n) is 4.71. The van der Waals surface area contributed by atoms with Crippen molar-refractivity contribution in [2.75, 3.05) is 20.2 Å². The standard InChI is InChI=1S/C13H17FN2O2/c1-9-11(14)4-5-12(15-9)18-8-10-3-6-13(17)16(2)7-10/h4-5,10H,3,6-8H2,1-2H3. The third-order valence-electron chi connectivity index (χ3n) is 3.19. The first-order valence-corrected chi connectivity index (χ1v) is 6.06. The van der Waals surface area contributed by atoms with Crippen LogP contribution in [0.4, 0.5) is 4.39 Å². The van der Waals surface area contributed by atoms with Gasteiger partial charge in [0.25, 0.3) is 0 Å². The summed E-state index contributed by atoms with van der Waals surface area (Å²) < 4.78 is 18.6. The predicted octanol–water partition coefficient (Wildman–Crippen LogP) is 1.78. The summed E-state index contributed by atoms with van der Waals surface area (Å²) in [6, 6.07) is 2.88. The van der Waals surface area contributed by atoms with Crippen molar-refractivity contribution in [2.24, 2.45) is 5.92 Å². The maximum Gasteiger partial charge on any atom is 0.222 e. The van der Waals surface area contributed by atoms with E-state index in [-0.39, 0.29) is 11.7 Å². The fraction of sp³-hybridized carbons (Fsp3) is 0.538. The predicted molar refractivity (Wildman–Crippen MR) is 64.8 cm³/mol. The van der Waals surface area contributed by atoms with Gasteiger partial charge in [0.1, 0.15) is 5.82 Å². The third kappa shape index (κ3) is 2.97. The SMILES string of the molecule is Cc1nc(OCC2CCC(=O)N(C)C2)ccc1F. The number of nitrogens with zero attached hydrogens (tertiary/aromatic N) is 2. The Bertz CT molecular complexity index is 451. The Kier molecular flexibility index (Phi) is 3.79. The molecule has 18 heavy (non-hydrogen) atoms. The highest BCUT2D eigenvalue weighted by atomic mass is 19.1. The molecule has 2 heterocycles. The number of halogens is 1. The normalized spacial score (nSPS) is 20.1. The minimum atomic E-state index is -0.328. The minimum absolute atomic E-state index is 0.182. The molecule has 1 saturated heterocycles. The van der Waals surface area contributed by atoms with E-state index in [1.807, 2.05) is 0 Å². The van der Waals surface area contributed by atoms with Crippen molar-refractivity contribution in [3.05, 3.63) is 23.6 Å². The van der Waals surface area contributed by atoms with Crippen LogP contribution in [-0.4, -0.2) is 36.0 Å². The average molecular weight is 252 g/mol. The lowest BCUT2D eigenvalue weighted by Crippen LogP contribution is -2.39. The molecule has 98 valence electrons. The van der Waals surface area contributed by atoms with Crippen molar-refractivity contribution < 1.29 is 13.9 Å². The summed E-state index contributed by atoms with van der Waals surface area (Å²) in [6.45, 7) is 2.82. The van der Waals surface area contributed by atoms with Gasteiger partial charge in [-0.15, -0.1) is 0 Å². The van der Waals surface area contributed by atoms with E-state index < -0.39 is 0 Å². The Morgan fingerprint density at radius 3 is 3.00 bits per heavy atom.